The molecule has 2 heterocycles. The molecule has 1 aromatic heterocycles. The maximum absolute atomic E-state index is 5.07. The van der Waals surface area contributed by atoms with E-state index in [0.29, 0.717) is 0 Å². The summed E-state index contributed by atoms with van der Waals surface area (Å²) in [7, 11) is 0. The van der Waals surface area contributed by atoms with Gasteiger partial charge in [0.1, 0.15) is 0 Å². The van der Waals surface area contributed by atoms with Gasteiger partial charge in [-0.3, -0.25) is 0 Å². The van der Waals surface area contributed by atoms with Crippen molar-refractivity contribution in [1.82, 2.24) is 4.98 Å². The summed E-state index contributed by atoms with van der Waals surface area (Å²) < 4.78 is 5.07. The number of benzene rings is 1. The summed E-state index contributed by atoms with van der Waals surface area (Å²) in [6.45, 7) is 2.00. The fourth-order valence-corrected chi connectivity index (χ4v) is 1.68. The molecule has 0 aliphatic carbocycles. The van der Waals surface area contributed by atoms with E-state index >= 15 is 0 Å². The van der Waals surface area contributed by atoms with E-state index in [9.17, 15) is 0 Å². The summed E-state index contributed by atoms with van der Waals surface area (Å²) in [5.41, 5.74) is 0. The van der Waals surface area contributed by atoms with Gasteiger partial charge in [-0.05, 0) is 30.0 Å². The van der Waals surface area contributed by atoms with Crippen molar-refractivity contribution in [3.8, 4) is 0 Å². The number of nitrogens with one attached hydrogen (secondary N) is 1. The van der Waals surface area contributed by atoms with Crippen LogP contribution in [0.25, 0.3) is 10.8 Å². The predicted octanol–water partition coefficient (Wildman–Crippen LogP) is 3.35. The van der Waals surface area contributed by atoms with Crippen LogP contribution in [-0.2, 0) is 4.74 Å². The van der Waals surface area contributed by atoms with Gasteiger partial charge < -0.3 is 9.72 Å². The monoisotopic (exact) mass is 203 g/mol. The number of aromatic amines is 1. The summed E-state index contributed by atoms with van der Waals surface area (Å²) in [4.78, 5) is 3.04. The Balaban J connectivity index is 0.000000124. The van der Waals surface area contributed by atoms with Crippen LogP contribution in [0, 0.1) is 0 Å². The Labute approximate surface area is 90.3 Å². The molecule has 1 aliphatic heterocycles. The standard InChI is InChI=1S/C8H7N.C5H10O/c1-2-4-8-6-9-5-7(8)3-1;1-2-4-6-5-3-1/h1-6,9H;1-5H2. The maximum atomic E-state index is 5.07. The third kappa shape index (κ3) is 3.10. The van der Waals surface area contributed by atoms with Crippen molar-refractivity contribution in [1.29, 1.82) is 0 Å². The maximum Gasteiger partial charge on any atom is 0.0466 e. The van der Waals surface area contributed by atoms with E-state index in [1.807, 2.05) is 24.5 Å². The average Bonchev–Trinajstić information content (AvgIpc) is 2.80. The fourth-order valence-electron chi connectivity index (χ4n) is 1.68. The van der Waals surface area contributed by atoms with Gasteiger partial charge in [-0.15, -0.1) is 0 Å². The molecule has 2 nitrogen and oxygen atoms in total. The SMILES string of the molecule is C1CCOCC1.c1ccc2c[nH]cc2c1. The number of hydrogen-bond donors (Lipinski definition) is 1. The number of rotatable bonds is 0. The van der Waals surface area contributed by atoms with E-state index in [0.717, 1.165) is 13.2 Å². The lowest BCUT2D eigenvalue weighted by molar-refractivity contribution is 0.0968. The topological polar surface area (TPSA) is 25.0 Å². The smallest absolute Gasteiger partial charge is 0.0466 e. The highest BCUT2D eigenvalue weighted by atomic mass is 16.5. The molecule has 0 spiro atoms. The van der Waals surface area contributed by atoms with E-state index in [1.165, 1.54) is 30.0 Å². The van der Waals surface area contributed by atoms with Crippen molar-refractivity contribution >= 4 is 10.8 Å². The number of aromatic nitrogens is 1. The zero-order valence-corrected chi connectivity index (χ0v) is 8.91. The van der Waals surface area contributed by atoms with Gasteiger partial charge in [-0.1, -0.05) is 24.3 Å². The molecule has 2 aromatic rings. The van der Waals surface area contributed by atoms with Gasteiger partial charge in [0.05, 0.1) is 0 Å². The van der Waals surface area contributed by atoms with Gasteiger partial charge in [0.15, 0.2) is 0 Å². The van der Waals surface area contributed by atoms with Gasteiger partial charge in [-0.25, -0.2) is 0 Å². The Morgan fingerprint density at radius 1 is 0.867 bits per heavy atom. The second-order valence-electron chi connectivity index (χ2n) is 3.76. The Hall–Kier alpha value is -1.28. The van der Waals surface area contributed by atoms with Crippen LogP contribution in [0.3, 0.4) is 0 Å². The number of H-pyrrole nitrogens is 1. The molecule has 1 saturated heterocycles. The molecule has 3 rings (SSSR count). The molecule has 1 aromatic carbocycles. The molecule has 80 valence electrons. The van der Waals surface area contributed by atoms with Crippen molar-refractivity contribution in [3.63, 3.8) is 0 Å². The molecular formula is C13H17NO. The van der Waals surface area contributed by atoms with E-state index in [-0.39, 0.29) is 0 Å². The van der Waals surface area contributed by atoms with Crippen LogP contribution in [-0.4, -0.2) is 18.2 Å². The summed E-state index contributed by atoms with van der Waals surface area (Å²) in [6, 6.07) is 8.25. The van der Waals surface area contributed by atoms with Crippen LogP contribution >= 0.6 is 0 Å². The van der Waals surface area contributed by atoms with Crippen LogP contribution in [0.2, 0.25) is 0 Å². The highest BCUT2D eigenvalue weighted by Crippen LogP contribution is 2.10. The summed E-state index contributed by atoms with van der Waals surface area (Å²) in [6.07, 6.45) is 7.92. The summed E-state index contributed by atoms with van der Waals surface area (Å²) in [5.74, 6) is 0. The molecule has 1 aliphatic rings. The first kappa shape index (κ1) is 10.2. The quantitative estimate of drug-likeness (QED) is 0.697. The van der Waals surface area contributed by atoms with E-state index in [4.69, 9.17) is 4.74 Å². The van der Waals surface area contributed by atoms with Crippen LogP contribution < -0.4 is 0 Å². The van der Waals surface area contributed by atoms with Crippen LogP contribution in [0.1, 0.15) is 19.3 Å². The molecule has 0 unspecified atom stereocenters. The van der Waals surface area contributed by atoms with Crippen LogP contribution in [0.5, 0.6) is 0 Å². The first-order chi connectivity index (χ1) is 7.47. The lowest BCUT2D eigenvalue weighted by atomic mass is 10.2. The minimum atomic E-state index is 1.00. The Kier molecular flexibility index (Phi) is 3.80. The van der Waals surface area contributed by atoms with E-state index < -0.39 is 0 Å². The first-order valence-corrected chi connectivity index (χ1v) is 5.56. The third-order valence-electron chi connectivity index (χ3n) is 2.55. The molecule has 0 radical (unpaired) electrons. The van der Waals surface area contributed by atoms with Gasteiger partial charge in [0.25, 0.3) is 0 Å². The normalized spacial score (nSPS) is 15.7. The third-order valence-corrected chi connectivity index (χ3v) is 2.55. The minimum Gasteiger partial charge on any atom is -0.381 e. The van der Waals surface area contributed by atoms with Crippen LogP contribution in [0.4, 0.5) is 0 Å². The molecule has 0 atom stereocenters. The summed E-state index contributed by atoms with van der Waals surface area (Å²) in [5, 5.41) is 2.55. The fraction of sp³-hybridized carbons (Fsp3) is 0.385. The lowest BCUT2D eigenvalue weighted by Crippen LogP contribution is -2.03. The molecule has 0 saturated carbocycles. The second-order valence-corrected chi connectivity index (χ2v) is 3.76. The highest BCUT2D eigenvalue weighted by molar-refractivity contribution is 5.81. The molecule has 0 bridgehead atoms. The van der Waals surface area contributed by atoms with Crippen molar-refractivity contribution in [2.75, 3.05) is 13.2 Å². The number of fused-ring (bicyclic) bond motifs is 1. The zero-order chi connectivity index (χ0) is 10.3. The number of ether oxygens (including phenoxy) is 1. The van der Waals surface area contributed by atoms with Crippen molar-refractivity contribution in [3.05, 3.63) is 36.7 Å². The van der Waals surface area contributed by atoms with Crippen molar-refractivity contribution in [2.45, 2.75) is 19.3 Å². The van der Waals surface area contributed by atoms with Gasteiger partial charge in [-0.2, -0.15) is 0 Å². The van der Waals surface area contributed by atoms with Crippen molar-refractivity contribution < 1.29 is 4.74 Å². The molecule has 1 fully saturated rings. The van der Waals surface area contributed by atoms with Crippen LogP contribution in [0.15, 0.2) is 36.7 Å². The molecular weight excluding hydrogens is 186 g/mol. The Bertz CT molecular complexity index is 348. The first-order valence-electron chi connectivity index (χ1n) is 5.56. The molecule has 2 heteroatoms. The Morgan fingerprint density at radius 2 is 1.47 bits per heavy atom. The van der Waals surface area contributed by atoms with Crippen molar-refractivity contribution in [2.24, 2.45) is 0 Å². The van der Waals surface area contributed by atoms with Gasteiger partial charge in [0, 0.05) is 25.6 Å². The van der Waals surface area contributed by atoms with E-state index in [2.05, 4.69) is 17.1 Å². The second kappa shape index (κ2) is 5.56. The highest BCUT2D eigenvalue weighted by Gasteiger charge is 1.95. The van der Waals surface area contributed by atoms with Gasteiger partial charge in [0.2, 0.25) is 0 Å². The Morgan fingerprint density at radius 3 is 1.87 bits per heavy atom. The van der Waals surface area contributed by atoms with E-state index in [1.54, 1.807) is 0 Å². The average molecular weight is 203 g/mol. The number of hydrogen-bond acceptors (Lipinski definition) is 1. The molecule has 0 amide bonds. The zero-order valence-electron chi connectivity index (χ0n) is 8.91. The lowest BCUT2D eigenvalue weighted by Gasteiger charge is -2.08. The minimum absolute atomic E-state index is 1.00. The van der Waals surface area contributed by atoms with Gasteiger partial charge >= 0.3 is 0 Å². The molecule has 15 heavy (non-hydrogen) atoms. The predicted molar refractivity (Wildman–Crippen MR) is 63.0 cm³/mol. The summed E-state index contributed by atoms with van der Waals surface area (Å²) >= 11 is 0. The largest absolute Gasteiger partial charge is 0.381 e. The molecule has 1 N–H and O–H groups in total.